The number of fused-ring (bicyclic) bond motifs is 1. The summed E-state index contributed by atoms with van der Waals surface area (Å²) in [5, 5.41) is 10.5. The summed E-state index contributed by atoms with van der Waals surface area (Å²) in [7, 11) is 0. The molecule has 0 radical (unpaired) electrons. The van der Waals surface area contributed by atoms with Gasteiger partial charge in [0.25, 0.3) is 0 Å². The average Bonchev–Trinajstić information content (AvgIpc) is 2.83. The number of H-pyrrole nitrogens is 1. The Balaban J connectivity index is 1.95. The molecule has 2 aromatic heterocycles. The van der Waals surface area contributed by atoms with E-state index in [1.807, 2.05) is 19.1 Å². The molecule has 0 bridgehead atoms. The third-order valence-corrected chi connectivity index (χ3v) is 3.64. The van der Waals surface area contributed by atoms with Crippen molar-refractivity contribution in [1.82, 2.24) is 20.2 Å². The first-order valence-corrected chi connectivity index (χ1v) is 7.68. The summed E-state index contributed by atoms with van der Waals surface area (Å²) in [6.45, 7) is 1.95. The third kappa shape index (κ3) is 2.46. The number of thioether (sulfide) groups is 1. The second-order valence-corrected chi connectivity index (χ2v) is 5.39. The van der Waals surface area contributed by atoms with E-state index in [9.17, 15) is 0 Å². The zero-order valence-corrected chi connectivity index (χ0v) is 12.2. The maximum absolute atomic E-state index is 4.28. The number of aryl methyl sites for hydroxylation is 1. The van der Waals surface area contributed by atoms with Gasteiger partial charge in [0.15, 0.2) is 11.3 Å². The van der Waals surface area contributed by atoms with Crippen LogP contribution in [0.5, 0.6) is 0 Å². The molecule has 2 heterocycles. The number of nitrogens with one attached hydrogen (secondary N) is 2. The predicted octanol–water partition coefficient (Wildman–Crippen LogP) is 3.27. The van der Waals surface area contributed by atoms with E-state index >= 15 is 0 Å². The Morgan fingerprint density at radius 3 is 3.00 bits per heavy atom. The molecule has 0 fully saturated rings. The van der Waals surface area contributed by atoms with Gasteiger partial charge in [0.2, 0.25) is 0 Å². The Bertz CT molecular complexity index is 737. The lowest BCUT2D eigenvalue weighted by atomic mass is 10.2. The molecule has 0 atom stereocenters. The molecule has 0 aliphatic heterocycles. The van der Waals surface area contributed by atoms with Crippen LogP contribution in [0.25, 0.3) is 11.0 Å². The first-order valence-electron chi connectivity index (χ1n) is 6.28. The normalized spacial score (nSPS) is 10.9. The van der Waals surface area contributed by atoms with Crippen molar-refractivity contribution in [2.24, 2.45) is 0 Å². The van der Waals surface area contributed by atoms with Gasteiger partial charge in [-0.15, -0.1) is 0 Å². The molecule has 3 rings (SSSR count). The highest BCUT2D eigenvalue weighted by Gasteiger charge is 2.09. The number of hydrogen-bond donors (Lipinski definition) is 2. The van der Waals surface area contributed by atoms with Crippen LogP contribution >= 0.6 is 11.8 Å². The van der Waals surface area contributed by atoms with E-state index in [0.717, 1.165) is 34.0 Å². The van der Waals surface area contributed by atoms with E-state index in [-0.39, 0.29) is 0 Å². The highest BCUT2D eigenvalue weighted by molar-refractivity contribution is 7.97. The molecule has 2 N–H and O–H groups in total. The fourth-order valence-corrected chi connectivity index (χ4v) is 2.60. The monoisotopic (exact) mass is 285 g/mol. The summed E-state index contributed by atoms with van der Waals surface area (Å²) in [5.41, 5.74) is 4.85. The van der Waals surface area contributed by atoms with Crippen LogP contribution in [0.15, 0.2) is 30.6 Å². The number of benzene rings is 1. The van der Waals surface area contributed by atoms with Crippen LogP contribution in [0.3, 0.4) is 0 Å². The highest BCUT2D eigenvalue weighted by Crippen LogP contribution is 2.23. The van der Waals surface area contributed by atoms with Crippen LogP contribution in [0.4, 0.5) is 11.5 Å². The molecule has 5 nitrogen and oxygen atoms in total. The minimum atomic E-state index is 0.723. The number of anilines is 2. The van der Waals surface area contributed by atoms with E-state index in [1.165, 1.54) is 5.56 Å². The molecular weight excluding hydrogens is 270 g/mol. The van der Waals surface area contributed by atoms with Crippen LogP contribution in [-0.2, 0) is 5.75 Å². The molecule has 0 aliphatic carbocycles. The number of rotatable bonds is 4. The Hall–Kier alpha value is -2.08. The minimum absolute atomic E-state index is 0.723. The van der Waals surface area contributed by atoms with Crippen molar-refractivity contribution in [2.75, 3.05) is 11.6 Å². The lowest BCUT2D eigenvalue weighted by molar-refractivity contribution is 1.07. The fraction of sp³-hybridized carbons (Fsp3) is 0.214. The van der Waals surface area contributed by atoms with Crippen molar-refractivity contribution in [2.45, 2.75) is 12.7 Å². The Labute approximate surface area is 121 Å². The molecule has 0 spiro atoms. The summed E-state index contributed by atoms with van der Waals surface area (Å²) in [6.07, 6.45) is 3.65. The third-order valence-electron chi connectivity index (χ3n) is 3.01. The minimum Gasteiger partial charge on any atom is -0.338 e. The van der Waals surface area contributed by atoms with E-state index in [0.29, 0.717) is 0 Å². The smallest absolute Gasteiger partial charge is 0.162 e. The lowest BCUT2D eigenvalue weighted by Crippen LogP contribution is -1.96. The molecule has 6 heteroatoms. The van der Waals surface area contributed by atoms with Gasteiger partial charge in [-0.05, 0) is 30.9 Å². The van der Waals surface area contributed by atoms with Gasteiger partial charge in [-0.1, -0.05) is 12.1 Å². The van der Waals surface area contributed by atoms with Crippen LogP contribution < -0.4 is 5.32 Å². The van der Waals surface area contributed by atoms with Crippen LogP contribution in [0.1, 0.15) is 11.3 Å². The molecule has 0 amide bonds. The van der Waals surface area contributed by atoms with Crippen molar-refractivity contribution in [3.8, 4) is 0 Å². The van der Waals surface area contributed by atoms with E-state index in [2.05, 4.69) is 43.9 Å². The van der Waals surface area contributed by atoms with Gasteiger partial charge >= 0.3 is 0 Å². The summed E-state index contributed by atoms with van der Waals surface area (Å²) in [5.74, 6) is 1.72. The molecular formula is C14H15N5S. The highest BCUT2D eigenvalue weighted by atomic mass is 32.2. The van der Waals surface area contributed by atoms with Crippen LogP contribution in [0, 0.1) is 6.92 Å². The number of nitrogens with zero attached hydrogens (tertiary/aromatic N) is 3. The van der Waals surface area contributed by atoms with Crippen LogP contribution in [-0.4, -0.2) is 26.4 Å². The molecule has 20 heavy (non-hydrogen) atoms. The van der Waals surface area contributed by atoms with E-state index < -0.39 is 0 Å². The van der Waals surface area contributed by atoms with E-state index in [4.69, 9.17) is 0 Å². The summed E-state index contributed by atoms with van der Waals surface area (Å²) in [4.78, 5) is 8.52. The van der Waals surface area contributed by atoms with Gasteiger partial charge in [-0.25, -0.2) is 9.97 Å². The van der Waals surface area contributed by atoms with Gasteiger partial charge in [-0.3, -0.25) is 5.10 Å². The molecule has 102 valence electrons. The number of aromatic nitrogens is 4. The zero-order chi connectivity index (χ0) is 13.9. The van der Waals surface area contributed by atoms with Crippen molar-refractivity contribution >= 4 is 34.3 Å². The number of hydrogen-bond acceptors (Lipinski definition) is 5. The first-order chi connectivity index (χ1) is 9.78. The largest absolute Gasteiger partial charge is 0.338 e. The maximum atomic E-state index is 4.28. The van der Waals surface area contributed by atoms with E-state index in [1.54, 1.807) is 18.1 Å². The fourth-order valence-electron chi connectivity index (χ4n) is 2.09. The van der Waals surface area contributed by atoms with Crippen molar-refractivity contribution in [3.63, 3.8) is 0 Å². The summed E-state index contributed by atoms with van der Waals surface area (Å²) >= 11 is 1.80. The SMILES string of the molecule is CSCc1cccc(Nc2ncnc3c(C)[nH]nc23)c1. The van der Waals surface area contributed by atoms with Gasteiger partial charge in [0, 0.05) is 11.4 Å². The second kappa shape index (κ2) is 5.50. The standard InChI is InChI=1S/C14H15N5S/c1-9-12-13(19-18-9)14(16-8-15-12)17-11-5-3-4-10(6-11)7-20-2/h3-6,8H,7H2,1-2H3,(H,18,19)(H,15,16,17). The maximum Gasteiger partial charge on any atom is 0.162 e. The first kappa shape index (κ1) is 12.9. The van der Waals surface area contributed by atoms with Gasteiger partial charge in [0.1, 0.15) is 11.8 Å². The quantitative estimate of drug-likeness (QED) is 0.770. The topological polar surface area (TPSA) is 66.5 Å². The summed E-state index contributed by atoms with van der Waals surface area (Å²) in [6, 6.07) is 8.32. The Morgan fingerprint density at radius 1 is 1.25 bits per heavy atom. The molecule has 1 aromatic carbocycles. The lowest BCUT2D eigenvalue weighted by Gasteiger charge is -2.07. The average molecular weight is 285 g/mol. The molecule has 0 unspecified atom stereocenters. The van der Waals surface area contributed by atoms with Crippen molar-refractivity contribution < 1.29 is 0 Å². The van der Waals surface area contributed by atoms with Crippen LogP contribution in [0.2, 0.25) is 0 Å². The van der Waals surface area contributed by atoms with Crippen molar-refractivity contribution in [1.29, 1.82) is 0 Å². The predicted molar refractivity (Wildman–Crippen MR) is 83.4 cm³/mol. The Morgan fingerprint density at radius 2 is 2.15 bits per heavy atom. The number of aromatic amines is 1. The zero-order valence-electron chi connectivity index (χ0n) is 11.3. The van der Waals surface area contributed by atoms with Crippen molar-refractivity contribution in [3.05, 3.63) is 41.9 Å². The Kier molecular flexibility index (Phi) is 3.56. The molecule has 3 aromatic rings. The van der Waals surface area contributed by atoms with Gasteiger partial charge in [0.05, 0.1) is 5.69 Å². The summed E-state index contributed by atoms with van der Waals surface area (Å²) < 4.78 is 0. The van der Waals surface area contributed by atoms with Gasteiger partial charge in [-0.2, -0.15) is 16.9 Å². The molecule has 0 saturated carbocycles. The van der Waals surface area contributed by atoms with Gasteiger partial charge < -0.3 is 5.32 Å². The second-order valence-electron chi connectivity index (χ2n) is 4.53. The molecule has 0 saturated heterocycles. The molecule has 0 aliphatic rings.